The summed E-state index contributed by atoms with van der Waals surface area (Å²) < 4.78 is 38.2. The van der Waals surface area contributed by atoms with Crippen LogP contribution in [0.15, 0.2) is 12.7 Å². The van der Waals surface area contributed by atoms with E-state index in [0.29, 0.717) is 6.42 Å². The number of halogens is 3. The zero-order valence-corrected chi connectivity index (χ0v) is 10.7. The molecule has 0 aromatic rings. The smallest absolute Gasteiger partial charge is 0.271 e. The Labute approximate surface area is 107 Å². The van der Waals surface area contributed by atoms with E-state index < -0.39 is 12.1 Å². The second kappa shape index (κ2) is 7.14. The van der Waals surface area contributed by atoms with E-state index in [2.05, 4.69) is 12.0 Å². The lowest BCUT2D eigenvalue weighted by Gasteiger charge is -2.35. The highest BCUT2D eigenvalue weighted by Gasteiger charge is 2.43. The van der Waals surface area contributed by atoms with E-state index in [1.807, 2.05) is 6.08 Å². The average molecular weight is 264 g/mol. The molecule has 1 saturated carbocycles. The van der Waals surface area contributed by atoms with Gasteiger partial charge in [0, 0.05) is 6.04 Å². The van der Waals surface area contributed by atoms with Gasteiger partial charge in [0.2, 0.25) is 0 Å². The molecule has 0 spiro atoms. The van der Waals surface area contributed by atoms with Crippen molar-refractivity contribution in [3.8, 4) is 0 Å². The van der Waals surface area contributed by atoms with Crippen LogP contribution in [-0.2, 0) is 0 Å². The maximum absolute atomic E-state index is 12.7. The lowest BCUT2D eigenvalue weighted by atomic mass is 9.76. The number of nitrogens with one attached hydrogen (secondary N) is 1. The van der Waals surface area contributed by atoms with Crippen LogP contribution in [0.25, 0.3) is 0 Å². The van der Waals surface area contributed by atoms with Gasteiger partial charge in [0.25, 0.3) is 0 Å². The van der Waals surface area contributed by atoms with E-state index in [9.17, 15) is 13.2 Å². The molecule has 18 heavy (non-hydrogen) atoms. The molecule has 0 aromatic carbocycles. The van der Waals surface area contributed by atoms with Crippen molar-refractivity contribution in [1.29, 1.82) is 0 Å². The first-order chi connectivity index (χ1) is 8.49. The summed E-state index contributed by atoms with van der Waals surface area (Å²) in [5, 5.41) is 0. The number of hydrazine groups is 1. The largest absolute Gasteiger partial charge is 0.391 e. The molecule has 0 heterocycles. The second-order valence-electron chi connectivity index (χ2n) is 5.16. The first-order valence-electron chi connectivity index (χ1n) is 6.62. The zero-order valence-electron chi connectivity index (χ0n) is 10.7. The van der Waals surface area contributed by atoms with E-state index in [1.54, 1.807) is 0 Å². The number of alkyl halides is 3. The second-order valence-corrected chi connectivity index (χ2v) is 5.16. The molecule has 0 saturated heterocycles. The first kappa shape index (κ1) is 15.5. The molecule has 3 unspecified atom stereocenters. The van der Waals surface area contributed by atoms with E-state index in [4.69, 9.17) is 5.84 Å². The predicted octanol–water partition coefficient (Wildman–Crippen LogP) is 3.54. The Morgan fingerprint density at radius 2 is 2.11 bits per heavy atom. The maximum Gasteiger partial charge on any atom is 0.391 e. The molecule has 5 heteroatoms. The molecule has 106 valence electrons. The van der Waals surface area contributed by atoms with Crippen molar-refractivity contribution in [3.05, 3.63) is 12.7 Å². The zero-order chi connectivity index (χ0) is 13.6. The Hall–Kier alpha value is -0.550. The van der Waals surface area contributed by atoms with Gasteiger partial charge in [0.05, 0.1) is 5.92 Å². The van der Waals surface area contributed by atoms with Gasteiger partial charge < -0.3 is 0 Å². The number of nitrogens with two attached hydrogens (primary N) is 1. The summed E-state index contributed by atoms with van der Waals surface area (Å²) in [6, 6.07) is -0.00454. The van der Waals surface area contributed by atoms with Gasteiger partial charge in [-0.2, -0.15) is 13.2 Å². The summed E-state index contributed by atoms with van der Waals surface area (Å²) in [6.07, 6.45) is 2.36. The Bertz CT molecular complexity index is 253. The van der Waals surface area contributed by atoms with Crippen LogP contribution in [0.3, 0.4) is 0 Å². The molecular formula is C13H23F3N2. The van der Waals surface area contributed by atoms with Crippen LogP contribution in [0, 0.1) is 11.8 Å². The van der Waals surface area contributed by atoms with Crippen LogP contribution in [0.5, 0.6) is 0 Å². The van der Waals surface area contributed by atoms with Crippen LogP contribution in [-0.4, -0.2) is 12.2 Å². The van der Waals surface area contributed by atoms with Crippen molar-refractivity contribution in [2.75, 3.05) is 0 Å². The minimum absolute atomic E-state index is 0.00454. The van der Waals surface area contributed by atoms with Gasteiger partial charge in [0.15, 0.2) is 0 Å². The summed E-state index contributed by atoms with van der Waals surface area (Å²) in [6.45, 7) is 3.64. The highest BCUT2D eigenvalue weighted by molar-refractivity contribution is 4.84. The van der Waals surface area contributed by atoms with E-state index in [0.717, 1.165) is 25.7 Å². The lowest BCUT2D eigenvalue weighted by molar-refractivity contribution is -0.186. The number of rotatable bonds is 6. The van der Waals surface area contributed by atoms with Crippen LogP contribution in [0.4, 0.5) is 13.2 Å². The summed E-state index contributed by atoms with van der Waals surface area (Å²) in [4.78, 5) is 0. The lowest BCUT2D eigenvalue weighted by Crippen LogP contribution is -2.44. The van der Waals surface area contributed by atoms with Gasteiger partial charge in [-0.15, -0.1) is 6.58 Å². The first-order valence-corrected chi connectivity index (χ1v) is 6.62. The van der Waals surface area contributed by atoms with Crippen LogP contribution in [0.2, 0.25) is 0 Å². The molecule has 0 aromatic heterocycles. The molecule has 3 N–H and O–H groups in total. The Kier molecular flexibility index (Phi) is 6.15. The molecule has 0 bridgehead atoms. The van der Waals surface area contributed by atoms with Crippen molar-refractivity contribution < 1.29 is 13.2 Å². The fraction of sp³-hybridized carbons (Fsp3) is 0.846. The van der Waals surface area contributed by atoms with Crippen molar-refractivity contribution in [2.45, 2.75) is 57.2 Å². The maximum atomic E-state index is 12.7. The van der Waals surface area contributed by atoms with Gasteiger partial charge >= 0.3 is 6.18 Å². The topological polar surface area (TPSA) is 38.0 Å². The molecule has 1 aliphatic rings. The van der Waals surface area contributed by atoms with Gasteiger partial charge in [-0.05, 0) is 44.4 Å². The normalized spacial score (nSPS) is 26.9. The van der Waals surface area contributed by atoms with E-state index in [1.165, 1.54) is 0 Å². The van der Waals surface area contributed by atoms with Crippen molar-refractivity contribution >= 4 is 0 Å². The Morgan fingerprint density at radius 1 is 1.39 bits per heavy atom. The number of allylic oxidation sites excluding steroid dienone is 1. The molecule has 0 aliphatic heterocycles. The summed E-state index contributed by atoms with van der Waals surface area (Å²) in [5.41, 5.74) is 2.70. The third-order valence-corrected chi connectivity index (χ3v) is 3.88. The van der Waals surface area contributed by atoms with E-state index in [-0.39, 0.29) is 24.8 Å². The van der Waals surface area contributed by atoms with Gasteiger partial charge in [0.1, 0.15) is 0 Å². The van der Waals surface area contributed by atoms with Crippen LogP contribution >= 0.6 is 0 Å². The third kappa shape index (κ3) is 4.61. The monoisotopic (exact) mass is 264 g/mol. The fourth-order valence-corrected chi connectivity index (χ4v) is 2.83. The Balaban J connectivity index is 2.49. The molecule has 1 rings (SSSR count). The molecule has 2 nitrogen and oxygen atoms in total. The van der Waals surface area contributed by atoms with Crippen molar-refractivity contribution in [1.82, 2.24) is 5.43 Å². The SMILES string of the molecule is C=CCCCC(NN)C1CCCC(C(F)(F)F)C1. The minimum atomic E-state index is -4.06. The molecular weight excluding hydrogens is 241 g/mol. The fourth-order valence-electron chi connectivity index (χ4n) is 2.83. The summed E-state index contributed by atoms with van der Waals surface area (Å²) in [7, 11) is 0. The standard InChI is InChI=1S/C13H23F3N2/c1-2-3-4-8-12(18-17)10-6-5-7-11(9-10)13(14,15)16/h2,10-12,18H,1,3-9,17H2. The van der Waals surface area contributed by atoms with Crippen molar-refractivity contribution in [2.24, 2.45) is 17.7 Å². The number of unbranched alkanes of at least 4 members (excludes halogenated alkanes) is 1. The van der Waals surface area contributed by atoms with Crippen LogP contribution in [0.1, 0.15) is 44.9 Å². The predicted molar refractivity (Wildman–Crippen MR) is 66.7 cm³/mol. The van der Waals surface area contributed by atoms with Gasteiger partial charge in [-0.3, -0.25) is 11.3 Å². The highest BCUT2D eigenvalue weighted by Crippen LogP contribution is 2.41. The van der Waals surface area contributed by atoms with Crippen molar-refractivity contribution in [3.63, 3.8) is 0 Å². The summed E-state index contributed by atoms with van der Waals surface area (Å²) in [5.74, 6) is 4.38. The average Bonchev–Trinajstić information content (AvgIpc) is 2.34. The molecule has 1 fully saturated rings. The summed E-state index contributed by atoms with van der Waals surface area (Å²) >= 11 is 0. The van der Waals surface area contributed by atoms with Crippen LogP contribution < -0.4 is 11.3 Å². The number of hydrogen-bond acceptors (Lipinski definition) is 2. The molecule has 1 aliphatic carbocycles. The molecule has 0 radical (unpaired) electrons. The molecule has 0 amide bonds. The number of hydrogen-bond donors (Lipinski definition) is 2. The van der Waals surface area contributed by atoms with Gasteiger partial charge in [-0.1, -0.05) is 12.5 Å². The van der Waals surface area contributed by atoms with Gasteiger partial charge in [-0.25, -0.2) is 0 Å². The quantitative estimate of drug-likeness (QED) is 0.333. The molecule has 3 atom stereocenters. The highest BCUT2D eigenvalue weighted by atomic mass is 19.4. The minimum Gasteiger partial charge on any atom is -0.271 e. The van der Waals surface area contributed by atoms with E-state index >= 15 is 0 Å². The Morgan fingerprint density at radius 3 is 2.67 bits per heavy atom. The third-order valence-electron chi connectivity index (χ3n) is 3.88.